The smallest absolute Gasteiger partial charge is 0.321 e. The molecule has 2 rings (SSSR count). The van der Waals surface area contributed by atoms with E-state index in [-0.39, 0.29) is 6.42 Å². The van der Waals surface area contributed by atoms with E-state index in [0.29, 0.717) is 5.57 Å². The third-order valence-corrected chi connectivity index (χ3v) is 3.04. The molecule has 1 fully saturated rings. The first-order chi connectivity index (χ1) is 8.70. The Hall–Kier alpha value is -1.92. The SMILES string of the molecule is C=C1C[C@@]1(C)C(=O)Oc1c(F)c(F)c(F)c(F)c1F. The van der Waals surface area contributed by atoms with Crippen LogP contribution in [-0.4, -0.2) is 5.97 Å². The molecule has 2 nitrogen and oxygen atoms in total. The van der Waals surface area contributed by atoms with Crippen LogP contribution in [-0.2, 0) is 4.79 Å². The van der Waals surface area contributed by atoms with Crippen molar-refractivity contribution in [3.8, 4) is 5.75 Å². The minimum absolute atomic E-state index is 0.237. The number of carbonyl (C=O) groups is 1. The Morgan fingerprint density at radius 3 is 1.79 bits per heavy atom. The minimum atomic E-state index is -2.31. The summed E-state index contributed by atoms with van der Waals surface area (Å²) < 4.78 is 69.3. The molecule has 1 saturated carbocycles. The van der Waals surface area contributed by atoms with Crippen LogP contribution in [0, 0.1) is 34.5 Å². The van der Waals surface area contributed by atoms with E-state index in [1.165, 1.54) is 6.92 Å². The predicted molar refractivity (Wildman–Crippen MR) is 53.7 cm³/mol. The van der Waals surface area contributed by atoms with Crippen LogP contribution in [0.5, 0.6) is 5.75 Å². The molecule has 0 spiro atoms. The maximum Gasteiger partial charge on any atom is 0.321 e. The second-order valence-electron chi connectivity index (χ2n) is 4.40. The Bertz CT molecular complexity index is 582. The lowest BCUT2D eigenvalue weighted by atomic mass is 10.1. The van der Waals surface area contributed by atoms with Crippen molar-refractivity contribution in [2.24, 2.45) is 5.41 Å². The first-order valence-corrected chi connectivity index (χ1v) is 5.12. The molecule has 102 valence electrons. The molecule has 1 aliphatic rings. The Labute approximate surface area is 104 Å². The molecular weight excluding hydrogens is 271 g/mol. The van der Waals surface area contributed by atoms with E-state index in [4.69, 9.17) is 0 Å². The monoisotopic (exact) mass is 278 g/mol. The highest BCUT2D eigenvalue weighted by atomic mass is 19.2. The van der Waals surface area contributed by atoms with Gasteiger partial charge in [-0.3, -0.25) is 4.79 Å². The standard InChI is InChI=1S/C12H7F5O2/c1-4-3-12(4,2)11(18)19-10-8(16)6(14)5(13)7(15)9(10)17/h1,3H2,2H3/t12-/m1/s1. The number of esters is 1. The van der Waals surface area contributed by atoms with Gasteiger partial charge in [0, 0.05) is 0 Å². The fourth-order valence-corrected chi connectivity index (χ4v) is 1.48. The van der Waals surface area contributed by atoms with Crippen LogP contribution in [0.25, 0.3) is 0 Å². The zero-order valence-corrected chi connectivity index (χ0v) is 9.62. The molecule has 19 heavy (non-hydrogen) atoms. The number of carbonyl (C=O) groups excluding carboxylic acids is 1. The topological polar surface area (TPSA) is 26.3 Å². The summed E-state index contributed by atoms with van der Waals surface area (Å²) in [6.45, 7) is 4.87. The summed E-state index contributed by atoms with van der Waals surface area (Å²) in [6.07, 6.45) is 0.237. The average Bonchev–Trinajstić information content (AvgIpc) is 2.99. The average molecular weight is 278 g/mol. The highest BCUT2D eigenvalue weighted by Crippen LogP contribution is 2.51. The van der Waals surface area contributed by atoms with Crippen LogP contribution in [0.2, 0.25) is 0 Å². The summed E-state index contributed by atoms with van der Waals surface area (Å²) in [6, 6.07) is 0. The normalized spacial score (nSPS) is 21.5. The lowest BCUT2D eigenvalue weighted by molar-refractivity contribution is -0.139. The third-order valence-electron chi connectivity index (χ3n) is 3.04. The molecule has 1 atom stereocenters. The molecule has 0 N–H and O–H groups in total. The van der Waals surface area contributed by atoms with Gasteiger partial charge in [0.05, 0.1) is 5.41 Å². The molecule has 0 aliphatic heterocycles. The van der Waals surface area contributed by atoms with Gasteiger partial charge in [-0.05, 0) is 13.3 Å². The zero-order valence-electron chi connectivity index (χ0n) is 9.62. The number of rotatable bonds is 2. The lowest BCUT2D eigenvalue weighted by Crippen LogP contribution is -2.21. The van der Waals surface area contributed by atoms with Crippen molar-refractivity contribution in [3.63, 3.8) is 0 Å². The van der Waals surface area contributed by atoms with E-state index in [9.17, 15) is 26.7 Å². The van der Waals surface area contributed by atoms with E-state index >= 15 is 0 Å². The van der Waals surface area contributed by atoms with Crippen molar-refractivity contribution in [2.45, 2.75) is 13.3 Å². The Morgan fingerprint density at radius 1 is 1.05 bits per heavy atom. The Kier molecular flexibility index (Phi) is 2.87. The van der Waals surface area contributed by atoms with Gasteiger partial charge in [-0.1, -0.05) is 12.2 Å². The van der Waals surface area contributed by atoms with Crippen molar-refractivity contribution in [2.75, 3.05) is 0 Å². The summed E-state index contributed by atoms with van der Waals surface area (Å²) in [5.74, 6) is -13.7. The maximum atomic E-state index is 13.2. The minimum Gasteiger partial charge on any atom is -0.419 e. The fraction of sp³-hybridized carbons (Fsp3) is 0.250. The van der Waals surface area contributed by atoms with Crippen LogP contribution >= 0.6 is 0 Å². The molecule has 1 aliphatic carbocycles. The number of hydrogen-bond acceptors (Lipinski definition) is 2. The van der Waals surface area contributed by atoms with Crippen LogP contribution in [0.3, 0.4) is 0 Å². The molecule has 0 aromatic heterocycles. The molecule has 0 bridgehead atoms. The lowest BCUT2D eigenvalue weighted by Gasteiger charge is -2.11. The summed E-state index contributed by atoms with van der Waals surface area (Å²) in [5, 5.41) is 0. The van der Waals surface area contributed by atoms with Crippen molar-refractivity contribution in [1.82, 2.24) is 0 Å². The van der Waals surface area contributed by atoms with E-state index in [1.54, 1.807) is 0 Å². The summed E-state index contributed by atoms with van der Waals surface area (Å²) in [7, 11) is 0. The summed E-state index contributed by atoms with van der Waals surface area (Å²) >= 11 is 0. The summed E-state index contributed by atoms with van der Waals surface area (Å²) in [5.41, 5.74) is -0.679. The second-order valence-corrected chi connectivity index (χ2v) is 4.40. The van der Waals surface area contributed by atoms with Crippen LogP contribution in [0.1, 0.15) is 13.3 Å². The number of halogens is 5. The highest BCUT2D eigenvalue weighted by Gasteiger charge is 2.51. The molecule has 0 unspecified atom stereocenters. The van der Waals surface area contributed by atoms with Crippen molar-refractivity contribution in [1.29, 1.82) is 0 Å². The zero-order chi connectivity index (χ0) is 14.5. The number of hydrogen-bond donors (Lipinski definition) is 0. The molecule has 0 saturated heterocycles. The molecule has 0 radical (unpaired) electrons. The molecular formula is C12H7F5O2. The van der Waals surface area contributed by atoms with Crippen LogP contribution in [0.15, 0.2) is 12.2 Å². The molecule has 7 heteroatoms. The highest BCUT2D eigenvalue weighted by molar-refractivity contribution is 5.87. The quantitative estimate of drug-likeness (QED) is 0.207. The van der Waals surface area contributed by atoms with E-state index in [0.717, 1.165) is 0 Å². The van der Waals surface area contributed by atoms with Crippen LogP contribution < -0.4 is 4.74 Å². The van der Waals surface area contributed by atoms with Crippen molar-refractivity contribution < 1.29 is 31.5 Å². The Balaban J connectivity index is 2.42. The molecule has 1 aromatic carbocycles. The van der Waals surface area contributed by atoms with Gasteiger partial charge < -0.3 is 4.74 Å². The first-order valence-electron chi connectivity index (χ1n) is 5.12. The van der Waals surface area contributed by atoms with Crippen molar-refractivity contribution in [3.05, 3.63) is 41.2 Å². The predicted octanol–water partition coefficient (Wildman–Crippen LogP) is 3.25. The Morgan fingerprint density at radius 2 is 1.42 bits per heavy atom. The van der Waals surface area contributed by atoms with Gasteiger partial charge in [-0.2, -0.15) is 8.78 Å². The van der Waals surface area contributed by atoms with Gasteiger partial charge >= 0.3 is 5.97 Å². The van der Waals surface area contributed by atoms with Gasteiger partial charge in [-0.25, -0.2) is 13.2 Å². The van der Waals surface area contributed by atoms with Gasteiger partial charge in [0.1, 0.15) is 0 Å². The molecule has 0 heterocycles. The molecule has 1 aromatic rings. The second kappa shape index (κ2) is 4.04. The van der Waals surface area contributed by atoms with Crippen molar-refractivity contribution >= 4 is 5.97 Å². The maximum absolute atomic E-state index is 13.2. The van der Waals surface area contributed by atoms with Gasteiger partial charge in [0.15, 0.2) is 0 Å². The third kappa shape index (κ3) is 1.89. The summed E-state index contributed by atoms with van der Waals surface area (Å²) in [4.78, 5) is 11.6. The van der Waals surface area contributed by atoms with Crippen LogP contribution in [0.4, 0.5) is 22.0 Å². The fourth-order valence-electron chi connectivity index (χ4n) is 1.48. The first kappa shape index (κ1) is 13.5. The van der Waals surface area contributed by atoms with Gasteiger partial charge in [0.25, 0.3) is 0 Å². The van der Waals surface area contributed by atoms with E-state index in [2.05, 4.69) is 11.3 Å². The van der Waals surface area contributed by atoms with Gasteiger partial charge in [-0.15, -0.1) is 0 Å². The number of ether oxygens (including phenoxy) is 1. The van der Waals surface area contributed by atoms with E-state index in [1.807, 2.05) is 0 Å². The molecule has 0 amide bonds. The number of benzene rings is 1. The largest absolute Gasteiger partial charge is 0.419 e. The van der Waals surface area contributed by atoms with Gasteiger partial charge in [0.2, 0.25) is 34.8 Å². The van der Waals surface area contributed by atoms with E-state index < -0.39 is 46.2 Å².